The van der Waals surface area contributed by atoms with E-state index in [1.165, 1.54) is 11.1 Å². The fourth-order valence-electron chi connectivity index (χ4n) is 5.00. The zero-order chi connectivity index (χ0) is 25.4. The number of aryl methyl sites for hydroxylation is 2. The van der Waals surface area contributed by atoms with Gasteiger partial charge in [0.1, 0.15) is 0 Å². The van der Waals surface area contributed by atoms with E-state index in [2.05, 4.69) is 122 Å². The molecule has 0 N–H and O–H groups in total. The third-order valence-corrected chi connectivity index (χ3v) is 6.69. The lowest BCUT2D eigenvalue weighted by molar-refractivity contribution is 1.06. The zero-order valence-corrected chi connectivity index (χ0v) is 21.4. The molecule has 3 heteroatoms. The van der Waals surface area contributed by atoms with Crippen LogP contribution in [0.4, 0.5) is 0 Å². The van der Waals surface area contributed by atoms with Gasteiger partial charge in [-0.15, -0.1) is 0 Å². The Balaban J connectivity index is 2.02. The Bertz CT molecular complexity index is 1770. The van der Waals surface area contributed by atoms with Gasteiger partial charge in [-0.05, 0) is 70.2 Å². The SMILES string of the molecule is C=C/C=c1\c(=C/C)c2nc3c(C=C)c(/C=C\C)n(-c4ccc(C)cc4)c3cc2n1-c1ccc(C)cc1. The highest BCUT2D eigenvalue weighted by Crippen LogP contribution is 2.32. The summed E-state index contributed by atoms with van der Waals surface area (Å²) in [6.07, 6.45) is 12.2. The van der Waals surface area contributed by atoms with Crippen LogP contribution in [0.3, 0.4) is 0 Å². The van der Waals surface area contributed by atoms with Gasteiger partial charge in [0, 0.05) is 22.2 Å². The van der Waals surface area contributed by atoms with Crippen LogP contribution < -0.4 is 10.6 Å². The van der Waals surface area contributed by atoms with Crippen LogP contribution >= 0.6 is 0 Å². The number of benzene rings is 2. The second-order valence-corrected chi connectivity index (χ2v) is 9.06. The standard InChI is InChI=1S/C33H31N3/c1-7-11-28-26(9-3)32-30(35(28)24-17-13-22(5)14-18-24)21-31-33(34-32)27(10-4)29(12-8-2)36(31)25-19-15-23(6)16-20-25/h7-21H,1,4H2,2-3,5-6H3/b12-8-,26-9+,28-11+. The van der Waals surface area contributed by atoms with Crippen molar-refractivity contribution in [2.24, 2.45) is 0 Å². The fraction of sp³-hybridized carbons (Fsp3) is 0.121. The van der Waals surface area contributed by atoms with E-state index in [9.17, 15) is 0 Å². The third kappa shape index (κ3) is 3.64. The highest BCUT2D eigenvalue weighted by atomic mass is 15.0. The fourth-order valence-corrected chi connectivity index (χ4v) is 5.00. The van der Waals surface area contributed by atoms with Gasteiger partial charge in [-0.3, -0.25) is 0 Å². The summed E-state index contributed by atoms with van der Waals surface area (Å²) in [5.41, 5.74) is 10.8. The van der Waals surface area contributed by atoms with Gasteiger partial charge in [0.25, 0.3) is 0 Å². The average molecular weight is 470 g/mol. The summed E-state index contributed by atoms with van der Waals surface area (Å²) in [6, 6.07) is 19.5. The van der Waals surface area contributed by atoms with Gasteiger partial charge in [0.05, 0.1) is 33.1 Å². The molecule has 0 aliphatic heterocycles. The molecule has 0 saturated carbocycles. The minimum absolute atomic E-state index is 0.945. The number of allylic oxidation sites excluding steroid dienone is 2. The van der Waals surface area contributed by atoms with Crippen molar-refractivity contribution < 1.29 is 0 Å². The first-order valence-electron chi connectivity index (χ1n) is 12.3. The van der Waals surface area contributed by atoms with Crippen molar-refractivity contribution in [2.75, 3.05) is 0 Å². The summed E-state index contributed by atoms with van der Waals surface area (Å²) in [5.74, 6) is 0. The lowest BCUT2D eigenvalue weighted by Crippen LogP contribution is -2.28. The van der Waals surface area contributed by atoms with Gasteiger partial charge in [0.2, 0.25) is 0 Å². The molecule has 0 bridgehead atoms. The number of fused-ring (bicyclic) bond motifs is 2. The summed E-state index contributed by atoms with van der Waals surface area (Å²) in [7, 11) is 0. The van der Waals surface area contributed by atoms with Crippen LogP contribution in [-0.4, -0.2) is 14.1 Å². The first-order chi connectivity index (χ1) is 17.5. The first-order valence-corrected chi connectivity index (χ1v) is 12.3. The Morgan fingerprint density at radius 2 is 1.36 bits per heavy atom. The highest BCUT2D eigenvalue weighted by Gasteiger charge is 2.20. The Labute approximate surface area is 212 Å². The molecule has 0 saturated heterocycles. The van der Waals surface area contributed by atoms with Crippen molar-refractivity contribution in [1.82, 2.24) is 14.1 Å². The lowest BCUT2D eigenvalue weighted by Gasteiger charge is -2.11. The maximum atomic E-state index is 5.30. The molecule has 0 amide bonds. The molecule has 5 rings (SSSR count). The Hall–Kier alpha value is -4.37. The van der Waals surface area contributed by atoms with Crippen LogP contribution in [0, 0.1) is 13.8 Å². The van der Waals surface area contributed by atoms with E-state index in [0.717, 1.165) is 55.3 Å². The minimum atomic E-state index is 0.945. The maximum absolute atomic E-state index is 5.30. The number of rotatable bonds is 5. The predicted octanol–water partition coefficient (Wildman–Crippen LogP) is 7.03. The van der Waals surface area contributed by atoms with E-state index in [0.29, 0.717) is 0 Å². The van der Waals surface area contributed by atoms with Gasteiger partial charge in [-0.1, -0.05) is 72.9 Å². The highest BCUT2D eigenvalue weighted by molar-refractivity contribution is 5.99. The largest absolute Gasteiger partial charge is 0.308 e. The summed E-state index contributed by atoms with van der Waals surface area (Å²) in [5, 5.41) is 2.17. The van der Waals surface area contributed by atoms with Gasteiger partial charge >= 0.3 is 0 Å². The Kier molecular flexibility index (Phi) is 6.07. The molecule has 3 nitrogen and oxygen atoms in total. The molecule has 0 spiro atoms. The molecule has 0 atom stereocenters. The molecule has 3 heterocycles. The van der Waals surface area contributed by atoms with Crippen molar-refractivity contribution in [1.29, 1.82) is 0 Å². The summed E-state index contributed by atoms with van der Waals surface area (Å²) in [6.45, 7) is 16.5. The maximum Gasteiger partial charge on any atom is 0.0972 e. The topological polar surface area (TPSA) is 22.8 Å². The number of aromatic nitrogens is 3. The van der Waals surface area contributed by atoms with Crippen molar-refractivity contribution in [3.63, 3.8) is 0 Å². The molecule has 5 aromatic rings. The summed E-state index contributed by atoms with van der Waals surface area (Å²) < 4.78 is 4.57. The molecule has 0 aliphatic carbocycles. The summed E-state index contributed by atoms with van der Waals surface area (Å²) in [4.78, 5) is 5.30. The van der Waals surface area contributed by atoms with Crippen LogP contribution in [0.2, 0.25) is 0 Å². The Morgan fingerprint density at radius 1 is 0.778 bits per heavy atom. The van der Waals surface area contributed by atoms with E-state index >= 15 is 0 Å². The van der Waals surface area contributed by atoms with Crippen molar-refractivity contribution >= 4 is 46.4 Å². The Morgan fingerprint density at radius 3 is 1.89 bits per heavy atom. The number of hydrogen-bond donors (Lipinski definition) is 0. The van der Waals surface area contributed by atoms with Crippen LogP contribution in [-0.2, 0) is 0 Å². The molecular weight excluding hydrogens is 438 g/mol. The predicted molar refractivity (Wildman–Crippen MR) is 156 cm³/mol. The third-order valence-electron chi connectivity index (χ3n) is 6.69. The summed E-state index contributed by atoms with van der Waals surface area (Å²) >= 11 is 0. The van der Waals surface area contributed by atoms with Crippen LogP contribution in [0.25, 0.3) is 57.7 Å². The van der Waals surface area contributed by atoms with Gasteiger partial charge < -0.3 is 9.13 Å². The van der Waals surface area contributed by atoms with E-state index in [-0.39, 0.29) is 0 Å². The molecule has 178 valence electrons. The smallest absolute Gasteiger partial charge is 0.0972 e. The van der Waals surface area contributed by atoms with Gasteiger partial charge in [0.15, 0.2) is 0 Å². The van der Waals surface area contributed by atoms with Crippen molar-refractivity contribution in [2.45, 2.75) is 27.7 Å². The average Bonchev–Trinajstić information content (AvgIpc) is 3.35. The number of pyridine rings is 1. The molecule has 36 heavy (non-hydrogen) atoms. The van der Waals surface area contributed by atoms with E-state index < -0.39 is 0 Å². The molecule has 0 unspecified atom stereocenters. The molecule has 0 radical (unpaired) electrons. The molecular formula is C33H31N3. The van der Waals surface area contributed by atoms with E-state index in [4.69, 9.17) is 4.98 Å². The van der Waals surface area contributed by atoms with Crippen molar-refractivity contribution in [3.8, 4) is 11.4 Å². The molecule has 0 aliphatic rings. The quantitative estimate of drug-likeness (QED) is 0.271. The van der Waals surface area contributed by atoms with Gasteiger partial charge in [-0.2, -0.15) is 0 Å². The molecule has 2 aromatic carbocycles. The molecule has 0 fully saturated rings. The molecule has 3 aromatic heterocycles. The second kappa shape index (κ2) is 9.35. The van der Waals surface area contributed by atoms with Crippen LogP contribution in [0.1, 0.15) is 36.2 Å². The second-order valence-electron chi connectivity index (χ2n) is 9.06. The van der Waals surface area contributed by atoms with Crippen molar-refractivity contribution in [3.05, 3.63) is 113 Å². The van der Waals surface area contributed by atoms with E-state index in [1.54, 1.807) is 0 Å². The van der Waals surface area contributed by atoms with Crippen LogP contribution in [0.5, 0.6) is 0 Å². The lowest BCUT2D eigenvalue weighted by atomic mass is 10.2. The van der Waals surface area contributed by atoms with E-state index in [1.807, 2.05) is 19.1 Å². The number of nitrogens with zero attached hydrogens (tertiary/aromatic N) is 3. The number of hydrogen-bond acceptors (Lipinski definition) is 1. The van der Waals surface area contributed by atoms with Gasteiger partial charge in [-0.25, -0.2) is 4.98 Å². The normalized spacial score (nSPS) is 12.9. The minimum Gasteiger partial charge on any atom is -0.308 e. The monoisotopic (exact) mass is 469 g/mol. The first kappa shape index (κ1) is 23.4. The zero-order valence-electron chi connectivity index (χ0n) is 21.4. The van der Waals surface area contributed by atoms with Crippen LogP contribution in [0.15, 0.2) is 79.9 Å².